The number of nitrogen functional groups attached to an aromatic ring is 1. The third kappa shape index (κ3) is 4.21. The fourth-order valence-electron chi connectivity index (χ4n) is 8.94. The summed E-state index contributed by atoms with van der Waals surface area (Å²) in [5.41, 5.74) is 6.45. The fourth-order valence-corrected chi connectivity index (χ4v) is 9.89. The predicted molar refractivity (Wildman–Crippen MR) is 170 cm³/mol. The number of nitrogens with one attached hydrogen (secondary N) is 1. The van der Waals surface area contributed by atoms with Gasteiger partial charge in [0.05, 0.1) is 39.5 Å². The van der Waals surface area contributed by atoms with Gasteiger partial charge in [-0.2, -0.15) is 15.2 Å². The molecule has 3 aromatic heterocycles. The Balaban J connectivity index is 1.27. The lowest BCUT2D eigenvalue weighted by molar-refractivity contribution is 0.00892. The first-order valence-corrected chi connectivity index (χ1v) is 17.1. The molecule has 0 aliphatic carbocycles. The number of nitriles is 1. The van der Waals surface area contributed by atoms with Crippen molar-refractivity contribution in [2.45, 2.75) is 81.0 Å². The Hall–Kier alpha value is -3.80. The molecule has 14 heteroatoms. The molecule has 4 fully saturated rings. The van der Waals surface area contributed by atoms with E-state index >= 15 is 13.2 Å². The van der Waals surface area contributed by atoms with Crippen molar-refractivity contribution in [3.8, 4) is 23.3 Å². The highest BCUT2D eigenvalue weighted by Crippen LogP contribution is 2.49. The average Bonchev–Trinajstić information content (AvgIpc) is 3.78. The number of aromatic nitrogens is 3. The Morgan fingerprint density at radius 2 is 1.87 bits per heavy atom. The van der Waals surface area contributed by atoms with Crippen LogP contribution >= 0.6 is 11.3 Å². The first kappa shape index (κ1) is 29.3. The van der Waals surface area contributed by atoms with E-state index in [4.69, 9.17) is 20.4 Å². The van der Waals surface area contributed by atoms with Crippen LogP contribution in [0.1, 0.15) is 62.6 Å². The number of nitrogens with two attached hydrogens (primary N) is 1. The first-order chi connectivity index (χ1) is 22.6. The lowest BCUT2D eigenvalue weighted by Gasteiger charge is -2.47. The summed E-state index contributed by atoms with van der Waals surface area (Å²) in [6, 6.07) is 3.83. The van der Waals surface area contributed by atoms with Crippen molar-refractivity contribution < 1.29 is 22.3 Å². The van der Waals surface area contributed by atoms with Gasteiger partial charge in [0.15, 0.2) is 17.4 Å². The van der Waals surface area contributed by atoms with Crippen molar-refractivity contribution in [1.29, 1.82) is 5.26 Å². The van der Waals surface area contributed by atoms with Crippen LogP contribution < -0.4 is 20.7 Å². The minimum Gasteiger partial charge on any atom is -0.461 e. The second kappa shape index (κ2) is 10.1. The van der Waals surface area contributed by atoms with Crippen LogP contribution in [0.3, 0.4) is 0 Å². The number of ether oxygens (including phenoxy) is 1. The summed E-state index contributed by atoms with van der Waals surface area (Å²) in [7, 11) is 0. The number of hydrogen-bond donors (Lipinski definition) is 2. The van der Waals surface area contributed by atoms with E-state index in [0.29, 0.717) is 31.6 Å². The number of benzene rings is 1. The van der Waals surface area contributed by atoms with E-state index < -0.39 is 29.3 Å². The topological polar surface area (TPSA) is 116 Å². The van der Waals surface area contributed by atoms with Crippen molar-refractivity contribution in [3.63, 3.8) is 0 Å². The molecule has 3 N–H and O–H groups in total. The molecule has 2 bridgehead atoms. The summed E-state index contributed by atoms with van der Waals surface area (Å²) in [5.74, 6) is -5.16. The van der Waals surface area contributed by atoms with Gasteiger partial charge in [0.1, 0.15) is 40.5 Å². The summed E-state index contributed by atoms with van der Waals surface area (Å²) in [6.45, 7) is 2.12. The number of aryl methyl sites for hydroxylation is 1. The Labute approximate surface area is 271 Å². The molecule has 4 saturated heterocycles. The van der Waals surface area contributed by atoms with E-state index in [1.807, 2.05) is 6.07 Å². The molecule has 9 rings (SSSR count). The number of anilines is 2. The molecule has 0 radical (unpaired) electrons. The highest BCUT2D eigenvalue weighted by Gasteiger charge is 2.60. The van der Waals surface area contributed by atoms with Crippen molar-refractivity contribution in [2.75, 3.05) is 36.9 Å². The summed E-state index contributed by atoms with van der Waals surface area (Å²) >= 11 is 0.921. The van der Waals surface area contributed by atoms with Gasteiger partial charge >= 0.3 is 6.01 Å². The second-order valence-electron chi connectivity index (χ2n) is 13.7. The van der Waals surface area contributed by atoms with Crippen LogP contribution in [-0.4, -0.2) is 69.3 Å². The van der Waals surface area contributed by atoms with Crippen LogP contribution in [0.4, 0.5) is 28.4 Å². The molecule has 244 valence electrons. The molecular weight excluding hydrogens is 632 g/mol. The number of nitrogens with zero attached hydrogens (tertiary/aromatic N) is 6. The van der Waals surface area contributed by atoms with Gasteiger partial charge in [-0.3, -0.25) is 4.90 Å². The summed E-state index contributed by atoms with van der Waals surface area (Å²) in [5, 5.41) is 13.1. The normalized spacial score (nSPS) is 27.9. The van der Waals surface area contributed by atoms with E-state index in [-0.39, 0.29) is 79.6 Å². The Kier molecular flexibility index (Phi) is 6.31. The SMILES string of the molecule is N#Cc1c(N)sc2c(F)ccc(-c3nc4c5c(nc(OCC67CCCN6CCC7)nc5c3F)N3C[C@@]5(F)CC[C@](F)(N5)[C@H]3CCC4)c12. The maximum atomic E-state index is 17.1. The van der Waals surface area contributed by atoms with Crippen molar-refractivity contribution in [1.82, 2.24) is 25.2 Å². The third-order valence-electron chi connectivity index (χ3n) is 11.1. The van der Waals surface area contributed by atoms with Crippen molar-refractivity contribution in [2.24, 2.45) is 0 Å². The Bertz CT molecular complexity index is 2020. The van der Waals surface area contributed by atoms with Gasteiger partial charge in [0, 0.05) is 23.8 Å². The number of thiophene rings is 1. The van der Waals surface area contributed by atoms with E-state index in [1.54, 1.807) is 4.90 Å². The second-order valence-corrected chi connectivity index (χ2v) is 14.8. The molecule has 0 spiro atoms. The predicted octanol–water partition coefficient (Wildman–Crippen LogP) is 5.89. The smallest absolute Gasteiger partial charge is 0.319 e. The summed E-state index contributed by atoms with van der Waals surface area (Å²) in [4.78, 5) is 18.2. The number of pyridine rings is 1. The fraction of sp³-hybridized carbons (Fsp3) is 0.515. The highest BCUT2D eigenvalue weighted by atomic mass is 32.1. The van der Waals surface area contributed by atoms with Gasteiger partial charge in [-0.1, -0.05) is 0 Å². The van der Waals surface area contributed by atoms with Gasteiger partial charge in [-0.25, -0.2) is 27.9 Å². The number of piperazine rings is 1. The van der Waals surface area contributed by atoms with Crippen molar-refractivity contribution in [3.05, 3.63) is 35.0 Å². The minimum atomic E-state index is -1.98. The van der Waals surface area contributed by atoms with Gasteiger partial charge in [-0.15, -0.1) is 11.3 Å². The molecule has 8 heterocycles. The van der Waals surface area contributed by atoms with E-state index in [0.717, 1.165) is 50.1 Å². The molecule has 0 unspecified atom stereocenters. The number of rotatable bonds is 4. The van der Waals surface area contributed by atoms with Gasteiger partial charge in [0.25, 0.3) is 0 Å². The molecule has 47 heavy (non-hydrogen) atoms. The van der Waals surface area contributed by atoms with E-state index in [1.165, 1.54) is 12.1 Å². The average molecular weight is 665 g/mol. The minimum absolute atomic E-state index is 0.0103. The quantitative estimate of drug-likeness (QED) is 0.204. The zero-order chi connectivity index (χ0) is 32.3. The summed E-state index contributed by atoms with van der Waals surface area (Å²) < 4.78 is 70.8. The van der Waals surface area contributed by atoms with Crippen LogP contribution in [-0.2, 0) is 6.42 Å². The zero-order valence-electron chi connectivity index (χ0n) is 25.5. The van der Waals surface area contributed by atoms with Crippen LogP contribution in [0.25, 0.3) is 32.2 Å². The molecular formula is C33H32F4N8OS. The van der Waals surface area contributed by atoms with Crippen LogP contribution in [0.2, 0.25) is 0 Å². The van der Waals surface area contributed by atoms with E-state index in [2.05, 4.69) is 15.2 Å². The molecule has 5 aliphatic heterocycles. The Morgan fingerprint density at radius 3 is 2.66 bits per heavy atom. The standard InChI is InChI=1S/C33H32F4N8OS/c34-19-7-6-17(22-18(14-38)28(39)47-27(19)22)25-24(35)26-23-20(40-25)4-1-5-21-33(37)11-10-32(36,43-33)15-45(21)29(23)42-30(41-26)46-16-31-8-2-12-44(31)13-3-9-31/h6-7,21,43H,1-5,8-13,15-16,39H2/t21-,32-,33+/m1/s1. The molecule has 0 saturated carbocycles. The van der Waals surface area contributed by atoms with Gasteiger partial charge in [0.2, 0.25) is 0 Å². The van der Waals surface area contributed by atoms with Gasteiger partial charge in [-0.05, 0) is 70.2 Å². The highest BCUT2D eigenvalue weighted by molar-refractivity contribution is 7.23. The zero-order valence-corrected chi connectivity index (χ0v) is 26.3. The monoisotopic (exact) mass is 664 g/mol. The number of fused-ring (bicyclic) bond motifs is 7. The van der Waals surface area contributed by atoms with Crippen LogP contribution in [0.5, 0.6) is 6.01 Å². The molecule has 3 atom stereocenters. The largest absolute Gasteiger partial charge is 0.461 e. The maximum Gasteiger partial charge on any atom is 0.319 e. The van der Waals surface area contributed by atoms with Crippen molar-refractivity contribution >= 4 is 43.1 Å². The molecule has 0 amide bonds. The molecule has 9 nitrogen and oxygen atoms in total. The lowest BCUT2D eigenvalue weighted by atomic mass is 9.92. The lowest BCUT2D eigenvalue weighted by Crippen LogP contribution is -2.68. The molecule has 4 aromatic rings. The number of hydrogen-bond acceptors (Lipinski definition) is 10. The van der Waals surface area contributed by atoms with Gasteiger partial charge < -0.3 is 15.4 Å². The first-order valence-electron chi connectivity index (χ1n) is 16.2. The number of halogens is 4. The third-order valence-corrected chi connectivity index (χ3v) is 12.1. The van der Waals surface area contributed by atoms with Crippen LogP contribution in [0.15, 0.2) is 12.1 Å². The van der Waals surface area contributed by atoms with Crippen LogP contribution in [0, 0.1) is 23.0 Å². The maximum absolute atomic E-state index is 17.1. The summed E-state index contributed by atoms with van der Waals surface area (Å²) in [6.07, 6.45) is 5.31. The number of alkyl halides is 2. The molecule has 5 aliphatic rings. The van der Waals surface area contributed by atoms with E-state index in [9.17, 15) is 9.65 Å². The molecule has 1 aromatic carbocycles. The Morgan fingerprint density at radius 1 is 1.06 bits per heavy atom.